The lowest BCUT2D eigenvalue weighted by Crippen LogP contribution is -2.14. The van der Waals surface area contributed by atoms with Crippen LogP contribution in [0.3, 0.4) is 0 Å². The van der Waals surface area contributed by atoms with Crippen LogP contribution in [0.15, 0.2) is 24.4 Å². The first-order valence-corrected chi connectivity index (χ1v) is 6.68. The monoisotopic (exact) mass is 302 g/mol. The second-order valence-electron chi connectivity index (χ2n) is 4.82. The zero-order chi connectivity index (χ0) is 16.3. The van der Waals surface area contributed by atoms with Crippen LogP contribution in [0.1, 0.15) is 23.0 Å². The van der Waals surface area contributed by atoms with E-state index in [1.807, 2.05) is 6.92 Å². The summed E-state index contributed by atoms with van der Waals surface area (Å²) >= 11 is 0. The number of aromatic nitrogens is 2. The Morgan fingerprint density at radius 1 is 1.27 bits per heavy atom. The molecule has 0 spiro atoms. The molecule has 0 aliphatic carbocycles. The lowest BCUT2D eigenvalue weighted by Gasteiger charge is -2.12. The Morgan fingerprint density at radius 2 is 2.00 bits per heavy atom. The number of rotatable bonds is 4. The summed E-state index contributed by atoms with van der Waals surface area (Å²) in [6.07, 6.45) is 1.51. The number of nitrogens with one attached hydrogen (secondary N) is 2. The minimum atomic E-state index is -0.288. The van der Waals surface area contributed by atoms with Crippen LogP contribution < -0.4 is 15.4 Å². The fraction of sp³-hybridized carbons (Fsp3) is 0.267. The van der Waals surface area contributed by atoms with Gasteiger partial charge in [0.25, 0.3) is 5.91 Å². The Kier molecular flexibility index (Phi) is 4.45. The Bertz CT molecular complexity index is 722. The number of methoxy groups -OCH3 is 1. The summed E-state index contributed by atoms with van der Waals surface area (Å²) in [4.78, 5) is 23.5. The van der Waals surface area contributed by atoms with Gasteiger partial charge in [0.05, 0.1) is 24.6 Å². The van der Waals surface area contributed by atoms with E-state index in [1.165, 1.54) is 20.2 Å². The molecular weight excluding hydrogens is 284 g/mol. The molecule has 0 fully saturated rings. The van der Waals surface area contributed by atoms with Crippen LogP contribution in [0.4, 0.5) is 11.4 Å². The number of amides is 2. The number of hydrogen-bond donors (Lipinski definition) is 2. The molecule has 2 amide bonds. The first-order valence-electron chi connectivity index (χ1n) is 6.68. The van der Waals surface area contributed by atoms with Gasteiger partial charge in [-0.25, -0.2) is 0 Å². The van der Waals surface area contributed by atoms with Crippen molar-refractivity contribution in [2.24, 2.45) is 7.05 Å². The van der Waals surface area contributed by atoms with Gasteiger partial charge in [-0.3, -0.25) is 14.3 Å². The van der Waals surface area contributed by atoms with Crippen molar-refractivity contribution in [2.45, 2.75) is 13.8 Å². The van der Waals surface area contributed by atoms with E-state index in [0.29, 0.717) is 22.7 Å². The smallest absolute Gasteiger partial charge is 0.259 e. The number of benzene rings is 1. The molecule has 0 aliphatic heterocycles. The highest BCUT2D eigenvalue weighted by atomic mass is 16.5. The maximum atomic E-state index is 12.3. The molecule has 0 bridgehead atoms. The van der Waals surface area contributed by atoms with Crippen molar-refractivity contribution in [3.8, 4) is 5.75 Å². The summed E-state index contributed by atoms with van der Waals surface area (Å²) in [5.74, 6) is 0.0263. The zero-order valence-electron chi connectivity index (χ0n) is 12.9. The molecule has 0 atom stereocenters. The van der Waals surface area contributed by atoms with Crippen LogP contribution in [-0.2, 0) is 11.8 Å². The van der Waals surface area contributed by atoms with Gasteiger partial charge in [0.1, 0.15) is 5.75 Å². The van der Waals surface area contributed by atoms with E-state index in [9.17, 15) is 9.59 Å². The van der Waals surface area contributed by atoms with Gasteiger partial charge in [0, 0.05) is 25.4 Å². The van der Waals surface area contributed by atoms with E-state index < -0.39 is 0 Å². The van der Waals surface area contributed by atoms with Gasteiger partial charge in [-0.05, 0) is 25.1 Å². The fourth-order valence-corrected chi connectivity index (χ4v) is 2.00. The van der Waals surface area contributed by atoms with Crippen LogP contribution in [0, 0.1) is 6.92 Å². The van der Waals surface area contributed by atoms with E-state index in [2.05, 4.69) is 15.7 Å². The van der Waals surface area contributed by atoms with Crippen molar-refractivity contribution in [1.82, 2.24) is 9.78 Å². The van der Waals surface area contributed by atoms with Crippen molar-refractivity contribution < 1.29 is 14.3 Å². The highest BCUT2D eigenvalue weighted by Crippen LogP contribution is 2.28. The Hall–Kier alpha value is -2.83. The molecule has 0 saturated heterocycles. The predicted molar refractivity (Wildman–Crippen MR) is 83.2 cm³/mol. The van der Waals surface area contributed by atoms with Crippen molar-refractivity contribution in [2.75, 3.05) is 17.7 Å². The predicted octanol–water partition coefficient (Wildman–Crippen LogP) is 1.95. The molecule has 7 nitrogen and oxygen atoms in total. The Labute approximate surface area is 128 Å². The number of carbonyl (C=O) groups is 2. The summed E-state index contributed by atoms with van der Waals surface area (Å²) in [5, 5.41) is 9.49. The first-order chi connectivity index (χ1) is 10.4. The largest absolute Gasteiger partial charge is 0.495 e. The van der Waals surface area contributed by atoms with Crippen LogP contribution >= 0.6 is 0 Å². The standard InChI is InChI=1S/C15H18N4O3/c1-9-12(8-16-19(9)3)15(21)18-13-7-11(17-10(2)20)5-6-14(13)22-4/h5-8H,1-4H3,(H,17,20)(H,18,21). The number of ether oxygens (including phenoxy) is 1. The topological polar surface area (TPSA) is 85.2 Å². The van der Waals surface area contributed by atoms with E-state index in [1.54, 1.807) is 29.9 Å². The lowest BCUT2D eigenvalue weighted by atomic mass is 10.2. The average Bonchev–Trinajstić information content (AvgIpc) is 2.79. The van der Waals surface area contributed by atoms with Gasteiger partial charge in [-0.1, -0.05) is 0 Å². The molecule has 0 aliphatic rings. The number of carbonyl (C=O) groups excluding carboxylic acids is 2. The fourth-order valence-electron chi connectivity index (χ4n) is 2.00. The van der Waals surface area contributed by atoms with Crippen molar-refractivity contribution >= 4 is 23.2 Å². The second-order valence-corrected chi connectivity index (χ2v) is 4.82. The summed E-state index contributed by atoms with van der Waals surface area (Å²) < 4.78 is 6.85. The van der Waals surface area contributed by atoms with E-state index in [4.69, 9.17) is 4.74 Å². The first kappa shape index (κ1) is 15.6. The molecular formula is C15H18N4O3. The van der Waals surface area contributed by atoms with Crippen molar-refractivity contribution in [3.63, 3.8) is 0 Å². The third-order valence-corrected chi connectivity index (χ3v) is 3.25. The summed E-state index contributed by atoms with van der Waals surface area (Å²) in [7, 11) is 3.28. The number of aryl methyl sites for hydroxylation is 1. The highest BCUT2D eigenvalue weighted by Gasteiger charge is 2.15. The van der Waals surface area contributed by atoms with Gasteiger partial charge in [0.15, 0.2) is 0 Å². The second kappa shape index (κ2) is 6.30. The summed E-state index contributed by atoms with van der Waals surface area (Å²) in [6, 6.07) is 5.02. The maximum Gasteiger partial charge on any atom is 0.259 e. The summed E-state index contributed by atoms with van der Waals surface area (Å²) in [5.41, 5.74) is 2.29. The molecule has 0 unspecified atom stereocenters. The van der Waals surface area contributed by atoms with Gasteiger partial charge < -0.3 is 15.4 Å². The van der Waals surface area contributed by atoms with E-state index in [-0.39, 0.29) is 11.8 Å². The van der Waals surface area contributed by atoms with E-state index in [0.717, 1.165) is 5.69 Å². The molecule has 0 saturated carbocycles. The van der Waals surface area contributed by atoms with Crippen LogP contribution in [0.25, 0.3) is 0 Å². The van der Waals surface area contributed by atoms with Crippen LogP contribution in [0.5, 0.6) is 5.75 Å². The van der Waals surface area contributed by atoms with Crippen molar-refractivity contribution in [1.29, 1.82) is 0 Å². The Balaban J connectivity index is 2.28. The molecule has 1 heterocycles. The molecule has 22 heavy (non-hydrogen) atoms. The normalized spacial score (nSPS) is 10.2. The summed E-state index contributed by atoms with van der Waals surface area (Å²) in [6.45, 7) is 3.23. The molecule has 1 aromatic carbocycles. The third kappa shape index (κ3) is 3.25. The average molecular weight is 302 g/mol. The minimum Gasteiger partial charge on any atom is -0.495 e. The van der Waals surface area contributed by atoms with Gasteiger partial charge in [0.2, 0.25) is 5.91 Å². The number of anilines is 2. The quantitative estimate of drug-likeness (QED) is 0.904. The number of nitrogens with zero attached hydrogens (tertiary/aromatic N) is 2. The molecule has 2 rings (SSSR count). The molecule has 0 radical (unpaired) electrons. The van der Waals surface area contributed by atoms with Gasteiger partial charge >= 0.3 is 0 Å². The Morgan fingerprint density at radius 3 is 2.55 bits per heavy atom. The van der Waals surface area contributed by atoms with Gasteiger partial charge in [-0.15, -0.1) is 0 Å². The van der Waals surface area contributed by atoms with E-state index >= 15 is 0 Å². The third-order valence-electron chi connectivity index (χ3n) is 3.25. The highest BCUT2D eigenvalue weighted by molar-refractivity contribution is 6.06. The van der Waals surface area contributed by atoms with Crippen molar-refractivity contribution in [3.05, 3.63) is 35.7 Å². The van der Waals surface area contributed by atoms with Gasteiger partial charge in [-0.2, -0.15) is 5.10 Å². The molecule has 2 aromatic rings. The lowest BCUT2D eigenvalue weighted by molar-refractivity contribution is -0.114. The number of hydrogen-bond acceptors (Lipinski definition) is 4. The molecule has 116 valence electrons. The molecule has 2 N–H and O–H groups in total. The van der Waals surface area contributed by atoms with Crippen LogP contribution in [-0.4, -0.2) is 28.7 Å². The molecule has 7 heteroatoms. The minimum absolute atomic E-state index is 0.189. The molecule has 1 aromatic heterocycles. The maximum absolute atomic E-state index is 12.3. The van der Waals surface area contributed by atoms with Crippen LogP contribution in [0.2, 0.25) is 0 Å². The zero-order valence-corrected chi connectivity index (χ0v) is 12.9. The SMILES string of the molecule is COc1ccc(NC(C)=O)cc1NC(=O)c1cnn(C)c1C.